The van der Waals surface area contributed by atoms with Crippen LogP contribution in [0.25, 0.3) is 0 Å². The lowest BCUT2D eigenvalue weighted by Gasteiger charge is -2.44. The van der Waals surface area contributed by atoms with Gasteiger partial charge >= 0.3 is 0 Å². The van der Waals surface area contributed by atoms with E-state index in [1.165, 1.54) is 5.69 Å². The van der Waals surface area contributed by atoms with Gasteiger partial charge in [0.15, 0.2) is 0 Å². The molecule has 0 aromatic carbocycles. The topological polar surface area (TPSA) is 43.5 Å². The highest BCUT2D eigenvalue weighted by Gasteiger charge is 2.30. The lowest BCUT2D eigenvalue weighted by Crippen LogP contribution is -2.56. The zero-order valence-electron chi connectivity index (χ0n) is 10.1. The summed E-state index contributed by atoms with van der Waals surface area (Å²) in [5.74, 6) is 0. The van der Waals surface area contributed by atoms with Crippen LogP contribution >= 0.6 is 0 Å². The number of hydrazine groups is 1. The fraction of sp³-hybridized carbons (Fsp3) is 0.667. The van der Waals surface area contributed by atoms with Crippen LogP contribution < -0.4 is 5.32 Å². The first kappa shape index (κ1) is 11.2. The van der Waals surface area contributed by atoms with Crippen molar-refractivity contribution in [3.8, 4) is 0 Å². The van der Waals surface area contributed by atoms with E-state index >= 15 is 0 Å². The van der Waals surface area contributed by atoms with E-state index in [9.17, 15) is 0 Å². The summed E-state index contributed by atoms with van der Waals surface area (Å²) in [4.78, 5) is 3.31. The molecule has 3 rings (SSSR count). The van der Waals surface area contributed by atoms with Crippen LogP contribution in [0, 0.1) is 0 Å². The minimum absolute atomic E-state index is 0.344. The Morgan fingerprint density at radius 3 is 2.88 bits per heavy atom. The molecule has 5 nitrogen and oxygen atoms in total. The van der Waals surface area contributed by atoms with E-state index < -0.39 is 0 Å². The molecule has 0 spiro atoms. The molecule has 3 heterocycles. The highest BCUT2D eigenvalue weighted by Crippen LogP contribution is 2.24. The van der Waals surface area contributed by atoms with Crippen molar-refractivity contribution in [2.45, 2.75) is 6.04 Å². The molecule has 2 aliphatic rings. The Balaban J connectivity index is 1.75. The van der Waals surface area contributed by atoms with E-state index in [-0.39, 0.29) is 0 Å². The number of nitrogens with one attached hydrogen (secondary N) is 2. The Morgan fingerprint density at radius 1 is 1.24 bits per heavy atom. The van der Waals surface area contributed by atoms with Gasteiger partial charge in [0.1, 0.15) is 0 Å². The molecular formula is C12H20N4O. The van der Waals surface area contributed by atoms with Crippen molar-refractivity contribution in [3.63, 3.8) is 0 Å². The number of hydrogen-bond donors (Lipinski definition) is 2. The molecular weight excluding hydrogens is 216 g/mol. The Morgan fingerprint density at radius 2 is 2.12 bits per heavy atom. The number of ether oxygens (including phenoxy) is 1. The summed E-state index contributed by atoms with van der Waals surface area (Å²) < 4.78 is 5.62. The molecule has 2 fully saturated rings. The molecule has 5 heteroatoms. The highest BCUT2D eigenvalue weighted by molar-refractivity contribution is 5.10. The zero-order valence-corrected chi connectivity index (χ0v) is 10.1. The first-order valence-electron chi connectivity index (χ1n) is 6.38. The molecule has 2 N–H and O–H groups in total. The molecule has 2 saturated heterocycles. The second-order valence-electron chi connectivity index (χ2n) is 4.58. The van der Waals surface area contributed by atoms with Gasteiger partial charge in [0, 0.05) is 44.6 Å². The molecule has 0 radical (unpaired) electrons. The molecule has 1 aromatic rings. The minimum Gasteiger partial charge on any atom is -0.378 e. The van der Waals surface area contributed by atoms with Gasteiger partial charge in [-0.2, -0.15) is 0 Å². The van der Waals surface area contributed by atoms with Gasteiger partial charge in [-0.25, -0.2) is 10.0 Å². The molecule has 1 aromatic heterocycles. The van der Waals surface area contributed by atoms with Crippen molar-refractivity contribution in [2.24, 2.45) is 0 Å². The summed E-state index contributed by atoms with van der Waals surface area (Å²) in [6.07, 6.45) is 1.99. The molecule has 94 valence electrons. The monoisotopic (exact) mass is 236 g/mol. The van der Waals surface area contributed by atoms with E-state index in [0.717, 1.165) is 45.9 Å². The molecule has 1 unspecified atom stereocenters. The number of morpholine rings is 1. The van der Waals surface area contributed by atoms with E-state index in [4.69, 9.17) is 4.74 Å². The average molecular weight is 236 g/mol. The molecule has 0 saturated carbocycles. The second-order valence-corrected chi connectivity index (χ2v) is 4.58. The highest BCUT2D eigenvalue weighted by atomic mass is 16.5. The molecule has 2 aliphatic heterocycles. The minimum atomic E-state index is 0.344. The van der Waals surface area contributed by atoms with Gasteiger partial charge in [-0.1, -0.05) is 0 Å². The Kier molecular flexibility index (Phi) is 3.42. The second kappa shape index (κ2) is 5.18. The maximum Gasteiger partial charge on any atom is 0.0879 e. The maximum atomic E-state index is 5.62. The van der Waals surface area contributed by atoms with Gasteiger partial charge in [-0.3, -0.25) is 0 Å². The predicted molar refractivity (Wildman–Crippen MR) is 65.5 cm³/mol. The molecule has 17 heavy (non-hydrogen) atoms. The van der Waals surface area contributed by atoms with Crippen LogP contribution in [0.4, 0.5) is 0 Å². The summed E-state index contributed by atoms with van der Waals surface area (Å²) >= 11 is 0. The van der Waals surface area contributed by atoms with Gasteiger partial charge in [0.25, 0.3) is 0 Å². The summed E-state index contributed by atoms with van der Waals surface area (Å²) in [5.41, 5.74) is 1.25. The van der Waals surface area contributed by atoms with Crippen LogP contribution in [0.3, 0.4) is 0 Å². The van der Waals surface area contributed by atoms with Crippen molar-refractivity contribution in [3.05, 3.63) is 24.0 Å². The quantitative estimate of drug-likeness (QED) is 0.770. The lowest BCUT2D eigenvalue weighted by atomic mass is 10.2. The van der Waals surface area contributed by atoms with Crippen LogP contribution in [-0.4, -0.2) is 60.9 Å². The number of aromatic amines is 1. The Hall–Kier alpha value is -0.880. The Bertz CT molecular complexity index is 334. The number of rotatable bonds is 2. The van der Waals surface area contributed by atoms with Crippen molar-refractivity contribution >= 4 is 0 Å². The molecule has 0 amide bonds. The van der Waals surface area contributed by atoms with Crippen LogP contribution in [0.1, 0.15) is 11.7 Å². The molecule has 0 bridgehead atoms. The van der Waals surface area contributed by atoms with E-state index in [2.05, 4.69) is 32.5 Å². The number of aromatic nitrogens is 1. The first-order chi connectivity index (χ1) is 8.45. The fourth-order valence-electron chi connectivity index (χ4n) is 2.65. The number of H-pyrrole nitrogens is 1. The Labute approximate surface area is 102 Å². The van der Waals surface area contributed by atoms with Crippen molar-refractivity contribution in [1.29, 1.82) is 0 Å². The smallest absolute Gasteiger partial charge is 0.0879 e. The average Bonchev–Trinajstić information content (AvgIpc) is 2.94. The van der Waals surface area contributed by atoms with Gasteiger partial charge in [0.2, 0.25) is 0 Å². The largest absolute Gasteiger partial charge is 0.378 e. The van der Waals surface area contributed by atoms with Crippen LogP contribution in [0.15, 0.2) is 18.3 Å². The van der Waals surface area contributed by atoms with Crippen molar-refractivity contribution < 1.29 is 4.74 Å². The predicted octanol–water partition coefficient (Wildman–Crippen LogP) is 0.208. The van der Waals surface area contributed by atoms with Gasteiger partial charge in [-0.05, 0) is 12.1 Å². The van der Waals surface area contributed by atoms with Crippen molar-refractivity contribution in [2.75, 3.05) is 45.9 Å². The lowest BCUT2D eigenvalue weighted by molar-refractivity contribution is -0.135. The van der Waals surface area contributed by atoms with Gasteiger partial charge in [-0.15, -0.1) is 0 Å². The fourth-order valence-corrected chi connectivity index (χ4v) is 2.65. The first-order valence-corrected chi connectivity index (χ1v) is 6.38. The van der Waals surface area contributed by atoms with Crippen LogP contribution in [0.5, 0.6) is 0 Å². The third kappa shape index (κ3) is 2.37. The van der Waals surface area contributed by atoms with E-state index in [1.54, 1.807) is 0 Å². The maximum absolute atomic E-state index is 5.62. The summed E-state index contributed by atoms with van der Waals surface area (Å²) in [6.45, 7) is 6.95. The van der Waals surface area contributed by atoms with E-state index in [0.29, 0.717) is 6.04 Å². The van der Waals surface area contributed by atoms with Crippen LogP contribution in [0.2, 0.25) is 0 Å². The number of nitrogens with zero attached hydrogens (tertiary/aromatic N) is 2. The number of piperazine rings is 1. The van der Waals surface area contributed by atoms with Crippen LogP contribution in [-0.2, 0) is 4.74 Å². The molecule has 1 atom stereocenters. The number of hydrogen-bond acceptors (Lipinski definition) is 4. The zero-order chi connectivity index (χ0) is 11.5. The summed E-state index contributed by atoms with van der Waals surface area (Å²) in [5, 5.41) is 8.33. The summed E-state index contributed by atoms with van der Waals surface area (Å²) in [7, 11) is 0. The molecule has 0 aliphatic carbocycles. The van der Waals surface area contributed by atoms with Crippen molar-refractivity contribution in [1.82, 2.24) is 20.3 Å². The van der Waals surface area contributed by atoms with Gasteiger partial charge in [0.05, 0.1) is 19.3 Å². The van der Waals surface area contributed by atoms with E-state index in [1.807, 2.05) is 6.20 Å². The standard InChI is InChI=1S/C12H20N4O/c1-2-11(14-3-1)12-10-17-9-8-16(12)15-6-4-13-5-7-15/h1-3,12-14H,4-10H2. The third-order valence-corrected chi connectivity index (χ3v) is 3.54. The van der Waals surface area contributed by atoms with Gasteiger partial charge < -0.3 is 15.0 Å². The normalized spacial score (nSPS) is 28.4. The third-order valence-electron chi connectivity index (χ3n) is 3.54. The summed E-state index contributed by atoms with van der Waals surface area (Å²) in [6, 6.07) is 4.55. The SMILES string of the molecule is c1c[nH]c(C2COCCN2N2CCNCC2)c1.